The highest BCUT2D eigenvalue weighted by Crippen LogP contribution is 2.58. The monoisotopic (exact) mass is 443 g/mol. The average Bonchev–Trinajstić information content (AvgIpc) is 3.41. The molecule has 3 amide bonds. The Morgan fingerprint density at radius 3 is 2.56 bits per heavy atom. The molecule has 3 saturated heterocycles. The Morgan fingerprint density at radius 1 is 1.19 bits per heavy atom. The van der Waals surface area contributed by atoms with Gasteiger partial charge in [-0.2, -0.15) is 0 Å². The van der Waals surface area contributed by atoms with Crippen molar-refractivity contribution in [3.63, 3.8) is 0 Å². The number of anilines is 1. The van der Waals surface area contributed by atoms with Crippen LogP contribution in [0, 0.1) is 25.7 Å². The quantitative estimate of drug-likeness (QED) is 0.528. The Morgan fingerprint density at radius 2 is 1.91 bits per heavy atom. The molecule has 174 valence electrons. The number of aliphatic hydroxyl groups excluding tert-OH is 1. The third-order valence-electron chi connectivity index (χ3n) is 7.38. The highest BCUT2D eigenvalue weighted by Gasteiger charge is 2.74. The molecule has 3 aliphatic rings. The SMILES string of the molecule is CNC(=O)[C@@H]1[C@H]2C(=O)N(CCCCCO)C(C(=O)Nc3c(C)cccc3C)C23CC[C@H]1O3. The van der Waals surface area contributed by atoms with E-state index in [1.807, 2.05) is 32.0 Å². The molecule has 8 nitrogen and oxygen atoms in total. The molecule has 3 heterocycles. The van der Waals surface area contributed by atoms with Gasteiger partial charge in [-0.3, -0.25) is 14.4 Å². The van der Waals surface area contributed by atoms with E-state index in [0.29, 0.717) is 32.2 Å². The van der Waals surface area contributed by atoms with Crippen molar-refractivity contribution in [1.29, 1.82) is 0 Å². The summed E-state index contributed by atoms with van der Waals surface area (Å²) < 4.78 is 6.36. The molecule has 2 unspecified atom stereocenters. The number of benzene rings is 1. The largest absolute Gasteiger partial charge is 0.396 e. The summed E-state index contributed by atoms with van der Waals surface area (Å²) in [5.74, 6) is -1.86. The number of amides is 3. The van der Waals surface area contributed by atoms with Crippen molar-refractivity contribution in [1.82, 2.24) is 10.2 Å². The van der Waals surface area contributed by atoms with Gasteiger partial charge in [-0.1, -0.05) is 18.2 Å². The van der Waals surface area contributed by atoms with Crippen LogP contribution < -0.4 is 10.6 Å². The molecule has 0 aliphatic carbocycles. The molecule has 0 aromatic heterocycles. The Kier molecular flexibility index (Phi) is 6.27. The molecular weight excluding hydrogens is 410 g/mol. The lowest BCUT2D eigenvalue weighted by molar-refractivity contribution is -0.140. The van der Waals surface area contributed by atoms with E-state index >= 15 is 0 Å². The number of nitrogens with one attached hydrogen (secondary N) is 2. The summed E-state index contributed by atoms with van der Waals surface area (Å²) in [6.07, 6.45) is 2.99. The van der Waals surface area contributed by atoms with Gasteiger partial charge in [0.1, 0.15) is 11.6 Å². The minimum atomic E-state index is -0.976. The lowest BCUT2D eigenvalue weighted by Gasteiger charge is -2.33. The van der Waals surface area contributed by atoms with Crippen molar-refractivity contribution in [2.24, 2.45) is 11.8 Å². The van der Waals surface area contributed by atoms with E-state index in [4.69, 9.17) is 9.84 Å². The average molecular weight is 444 g/mol. The smallest absolute Gasteiger partial charge is 0.250 e. The van der Waals surface area contributed by atoms with E-state index in [-0.39, 0.29) is 30.4 Å². The minimum Gasteiger partial charge on any atom is -0.396 e. The van der Waals surface area contributed by atoms with Crippen molar-refractivity contribution in [3.8, 4) is 0 Å². The van der Waals surface area contributed by atoms with Crippen LogP contribution >= 0.6 is 0 Å². The Balaban J connectivity index is 1.67. The van der Waals surface area contributed by atoms with E-state index < -0.39 is 23.5 Å². The predicted octanol–water partition coefficient (Wildman–Crippen LogP) is 1.53. The molecule has 0 saturated carbocycles. The summed E-state index contributed by atoms with van der Waals surface area (Å²) in [6.45, 7) is 4.38. The standard InChI is InChI=1S/C24H33N3O5/c1-14-8-7-9-15(2)19(14)26-22(30)20-24-11-10-16(32-24)17(21(29)25-3)18(24)23(31)27(20)12-5-4-6-13-28/h7-9,16-18,20,28H,4-6,10-13H2,1-3H3,(H,25,29)(H,26,30)/t16-,17+,18+,20?,24?/m1/s1. The molecule has 5 atom stereocenters. The van der Waals surface area contributed by atoms with Gasteiger partial charge in [0, 0.05) is 25.9 Å². The first kappa shape index (κ1) is 22.7. The summed E-state index contributed by atoms with van der Waals surface area (Å²) in [5, 5.41) is 14.8. The zero-order chi connectivity index (χ0) is 23.0. The summed E-state index contributed by atoms with van der Waals surface area (Å²) in [7, 11) is 1.57. The molecule has 0 radical (unpaired) electrons. The number of ether oxygens (including phenoxy) is 1. The van der Waals surface area contributed by atoms with Gasteiger partial charge in [0.25, 0.3) is 0 Å². The van der Waals surface area contributed by atoms with Crippen LogP contribution in [0.25, 0.3) is 0 Å². The van der Waals surface area contributed by atoms with Crippen LogP contribution in [0.1, 0.15) is 43.2 Å². The van der Waals surface area contributed by atoms with Gasteiger partial charge in [-0.15, -0.1) is 0 Å². The predicted molar refractivity (Wildman–Crippen MR) is 119 cm³/mol. The van der Waals surface area contributed by atoms with E-state index in [1.54, 1.807) is 11.9 Å². The van der Waals surface area contributed by atoms with Crippen molar-refractivity contribution in [3.05, 3.63) is 29.3 Å². The second-order valence-corrected chi connectivity index (χ2v) is 9.24. The second-order valence-electron chi connectivity index (χ2n) is 9.24. The Bertz CT molecular complexity index is 899. The lowest BCUT2D eigenvalue weighted by Crippen LogP contribution is -2.53. The van der Waals surface area contributed by atoms with E-state index in [1.165, 1.54) is 0 Å². The fourth-order valence-corrected chi connectivity index (χ4v) is 5.93. The number of fused-ring (bicyclic) bond motifs is 1. The van der Waals surface area contributed by atoms with Gasteiger partial charge in [-0.05, 0) is 57.1 Å². The van der Waals surface area contributed by atoms with Crippen molar-refractivity contribution in [2.75, 3.05) is 25.5 Å². The van der Waals surface area contributed by atoms with Gasteiger partial charge in [0.15, 0.2) is 0 Å². The molecular formula is C24H33N3O5. The number of hydrogen-bond acceptors (Lipinski definition) is 5. The molecule has 1 spiro atoms. The highest BCUT2D eigenvalue weighted by molar-refractivity contribution is 6.04. The number of aliphatic hydroxyl groups is 1. The number of carbonyl (C=O) groups is 3. The fraction of sp³-hybridized carbons (Fsp3) is 0.625. The van der Waals surface area contributed by atoms with Crippen LogP contribution in [0.15, 0.2) is 18.2 Å². The van der Waals surface area contributed by atoms with Gasteiger partial charge < -0.3 is 25.4 Å². The third kappa shape index (κ3) is 3.49. The van der Waals surface area contributed by atoms with Crippen LogP contribution in [0.4, 0.5) is 5.69 Å². The number of aryl methyl sites for hydroxylation is 2. The maximum Gasteiger partial charge on any atom is 0.250 e. The maximum atomic E-state index is 13.7. The first-order valence-electron chi connectivity index (χ1n) is 11.5. The highest BCUT2D eigenvalue weighted by atomic mass is 16.5. The van der Waals surface area contributed by atoms with Crippen LogP contribution in [0.2, 0.25) is 0 Å². The Labute approximate surface area is 188 Å². The zero-order valence-electron chi connectivity index (χ0n) is 19.0. The Hall–Kier alpha value is -2.45. The molecule has 3 aliphatic heterocycles. The van der Waals surface area contributed by atoms with E-state index in [9.17, 15) is 14.4 Å². The number of nitrogens with zero attached hydrogens (tertiary/aromatic N) is 1. The number of likely N-dealkylation sites (tertiary alicyclic amines) is 1. The molecule has 1 aromatic rings. The zero-order valence-corrected chi connectivity index (χ0v) is 19.0. The van der Waals surface area contributed by atoms with Crippen molar-refractivity contribution >= 4 is 23.4 Å². The summed E-state index contributed by atoms with van der Waals surface area (Å²) in [5.41, 5.74) is 1.67. The minimum absolute atomic E-state index is 0.0977. The van der Waals surface area contributed by atoms with E-state index in [0.717, 1.165) is 23.2 Å². The normalized spacial score (nSPS) is 30.5. The topological polar surface area (TPSA) is 108 Å². The summed E-state index contributed by atoms with van der Waals surface area (Å²) in [6, 6.07) is 5.04. The molecule has 3 N–H and O–H groups in total. The van der Waals surface area contributed by atoms with Gasteiger partial charge in [0.05, 0.1) is 17.9 Å². The number of hydrogen-bond donors (Lipinski definition) is 3. The molecule has 1 aromatic carbocycles. The fourth-order valence-electron chi connectivity index (χ4n) is 5.93. The number of unbranched alkanes of at least 4 members (excludes halogenated alkanes) is 2. The number of carbonyl (C=O) groups excluding carboxylic acids is 3. The lowest BCUT2D eigenvalue weighted by atomic mass is 9.70. The maximum absolute atomic E-state index is 13.7. The van der Waals surface area contributed by atoms with Crippen LogP contribution in [0.5, 0.6) is 0 Å². The second kappa shape index (κ2) is 8.83. The van der Waals surface area contributed by atoms with Crippen LogP contribution in [-0.4, -0.2) is 65.7 Å². The van der Waals surface area contributed by atoms with Crippen LogP contribution in [-0.2, 0) is 19.1 Å². The van der Waals surface area contributed by atoms with Gasteiger partial charge >= 0.3 is 0 Å². The molecule has 4 rings (SSSR count). The van der Waals surface area contributed by atoms with Crippen LogP contribution in [0.3, 0.4) is 0 Å². The van der Waals surface area contributed by atoms with Gasteiger partial charge in [0.2, 0.25) is 17.7 Å². The summed E-state index contributed by atoms with van der Waals surface area (Å²) in [4.78, 5) is 41.6. The van der Waals surface area contributed by atoms with Gasteiger partial charge in [-0.25, -0.2) is 0 Å². The van der Waals surface area contributed by atoms with Crippen molar-refractivity contribution < 1.29 is 24.2 Å². The number of rotatable bonds is 8. The summed E-state index contributed by atoms with van der Waals surface area (Å²) >= 11 is 0. The van der Waals surface area contributed by atoms with Crippen molar-refractivity contribution in [2.45, 2.75) is 63.7 Å². The number of para-hydroxylation sites is 1. The molecule has 2 bridgehead atoms. The molecule has 32 heavy (non-hydrogen) atoms. The molecule has 3 fully saturated rings. The first-order chi connectivity index (χ1) is 15.4. The van der Waals surface area contributed by atoms with E-state index in [2.05, 4.69) is 10.6 Å². The first-order valence-corrected chi connectivity index (χ1v) is 11.5. The third-order valence-corrected chi connectivity index (χ3v) is 7.38. The molecule has 8 heteroatoms.